The molecule has 0 aliphatic heterocycles. The molecule has 1 aromatic heterocycles. The van der Waals surface area contributed by atoms with Crippen molar-refractivity contribution in [2.45, 2.75) is 11.8 Å². The van der Waals surface area contributed by atoms with Crippen LogP contribution in [-0.2, 0) is 11.3 Å². The molecule has 24 heavy (non-hydrogen) atoms. The van der Waals surface area contributed by atoms with Gasteiger partial charge < -0.3 is 9.32 Å². The highest BCUT2D eigenvalue weighted by atomic mass is 35.5. The molecule has 3 aromatic rings. The Morgan fingerprint density at radius 2 is 2.04 bits per heavy atom. The summed E-state index contributed by atoms with van der Waals surface area (Å²) >= 11 is 13.3. The molecule has 0 spiro atoms. The highest BCUT2D eigenvalue weighted by Gasteiger charge is 2.14. The quantitative estimate of drug-likeness (QED) is 0.591. The largest absolute Gasteiger partial charge is 0.431 e. The van der Waals surface area contributed by atoms with Crippen LogP contribution in [0.15, 0.2) is 52.1 Å². The monoisotopic (exact) mass is 380 g/mol. The van der Waals surface area contributed by atoms with E-state index in [4.69, 9.17) is 27.6 Å². The Hall–Kier alpha value is -1.69. The Bertz CT molecular complexity index is 849. The molecule has 7 heteroatoms. The Kier molecular flexibility index (Phi) is 5.33. The van der Waals surface area contributed by atoms with Crippen LogP contribution < -0.4 is 0 Å². The van der Waals surface area contributed by atoms with E-state index in [2.05, 4.69) is 4.98 Å². The summed E-state index contributed by atoms with van der Waals surface area (Å²) in [5.41, 5.74) is 2.35. The van der Waals surface area contributed by atoms with Gasteiger partial charge in [0.15, 0.2) is 5.58 Å². The maximum Gasteiger partial charge on any atom is 0.257 e. The summed E-state index contributed by atoms with van der Waals surface area (Å²) in [7, 11) is 1.74. The van der Waals surface area contributed by atoms with Crippen molar-refractivity contribution >= 4 is 52.0 Å². The average molecular weight is 381 g/mol. The third-order valence-electron chi connectivity index (χ3n) is 3.44. The molecule has 1 amide bonds. The number of benzene rings is 2. The van der Waals surface area contributed by atoms with Crippen molar-refractivity contribution in [1.29, 1.82) is 0 Å². The molecule has 124 valence electrons. The van der Waals surface area contributed by atoms with Crippen LogP contribution in [-0.4, -0.2) is 28.6 Å². The number of carbonyl (C=O) groups excluding carboxylic acids is 1. The first-order chi connectivity index (χ1) is 11.5. The van der Waals surface area contributed by atoms with Crippen molar-refractivity contribution in [1.82, 2.24) is 9.88 Å². The number of hydrogen-bond acceptors (Lipinski definition) is 4. The number of aromatic nitrogens is 1. The molecule has 0 unspecified atom stereocenters. The third-order valence-corrected chi connectivity index (χ3v) is 4.84. The minimum absolute atomic E-state index is 0.0340. The van der Waals surface area contributed by atoms with Crippen LogP contribution in [0.2, 0.25) is 10.0 Å². The highest BCUT2D eigenvalue weighted by Crippen LogP contribution is 2.24. The number of amides is 1. The SMILES string of the molecule is CN(Cc1ccc(Cl)cc1Cl)C(=O)CSc1nc2ccccc2o1. The van der Waals surface area contributed by atoms with Gasteiger partial charge in [-0.2, -0.15) is 0 Å². The number of rotatable bonds is 5. The van der Waals surface area contributed by atoms with Crippen LogP contribution in [0, 0.1) is 0 Å². The standard InChI is InChI=1S/C17H14Cl2N2O2S/c1-21(9-11-6-7-12(18)8-13(11)19)16(22)10-24-17-20-14-4-2-3-5-15(14)23-17/h2-8H,9-10H2,1H3. The van der Waals surface area contributed by atoms with Crippen LogP contribution in [0.1, 0.15) is 5.56 Å². The number of para-hydroxylation sites is 2. The van der Waals surface area contributed by atoms with Gasteiger partial charge >= 0.3 is 0 Å². The van der Waals surface area contributed by atoms with E-state index in [1.54, 1.807) is 24.1 Å². The molecule has 0 saturated carbocycles. The molecule has 0 aliphatic carbocycles. The highest BCUT2D eigenvalue weighted by molar-refractivity contribution is 7.99. The van der Waals surface area contributed by atoms with E-state index in [1.165, 1.54) is 11.8 Å². The molecular formula is C17H14Cl2N2O2S. The smallest absolute Gasteiger partial charge is 0.257 e. The van der Waals surface area contributed by atoms with E-state index in [0.717, 1.165) is 11.1 Å². The molecular weight excluding hydrogens is 367 g/mol. The summed E-state index contributed by atoms with van der Waals surface area (Å²) in [5.74, 6) is 0.211. The van der Waals surface area contributed by atoms with Crippen molar-refractivity contribution in [2.24, 2.45) is 0 Å². The summed E-state index contributed by atoms with van der Waals surface area (Å²) in [6, 6.07) is 12.8. The zero-order chi connectivity index (χ0) is 17.1. The number of hydrogen-bond donors (Lipinski definition) is 0. The van der Waals surface area contributed by atoms with Crippen molar-refractivity contribution in [3.8, 4) is 0 Å². The zero-order valence-electron chi connectivity index (χ0n) is 12.8. The fraction of sp³-hybridized carbons (Fsp3) is 0.176. The summed E-state index contributed by atoms with van der Waals surface area (Å²) in [4.78, 5) is 18.2. The van der Waals surface area contributed by atoms with Crippen molar-refractivity contribution < 1.29 is 9.21 Å². The Morgan fingerprint density at radius 1 is 1.25 bits per heavy atom. The normalized spacial score (nSPS) is 11.0. The van der Waals surface area contributed by atoms with Crippen molar-refractivity contribution in [3.05, 3.63) is 58.1 Å². The molecule has 0 bridgehead atoms. The van der Waals surface area contributed by atoms with Gasteiger partial charge in [0.1, 0.15) is 5.52 Å². The van der Waals surface area contributed by atoms with E-state index in [0.29, 0.717) is 27.4 Å². The van der Waals surface area contributed by atoms with Crippen LogP contribution in [0.4, 0.5) is 0 Å². The minimum atomic E-state index is -0.0340. The number of halogens is 2. The molecule has 1 heterocycles. The van der Waals surface area contributed by atoms with Gasteiger partial charge in [0.05, 0.1) is 5.75 Å². The molecule has 0 saturated heterocycles. The number of thioether (sulfide) groups is 1. The predicted octanol–water partition coefficient (Wildman–Crippen LogP) is 4.89. The van der Waals surface area contributed by atoms with E-state index in [9.17, 15) is 4.79 Å². The first kappa shape index (κ1) is 17.1. The Morgan fingerprint density at radius 3 is 2.79 bits per heavy atom. The maximum atomic E-state index is 12.3. The van der Waals surface area contributed by atoms with Gasteiger partial charge in [-0.3, -0.25) is 4.79 Å². The fourth-order valence-electron chi connectivity index (χ4n) is 2.14. The first-order valence-electron chi connectivity index (χ1n) is 7.19. The zero-order valence-corrected chi connectivity index (χ0v) is 15.2. The van der Waals surface area contributed by atoms with E-state index < -0.39 is 0 Å². The molecule has 0 N–H and O–H groups in total. The van der Waals surface area contributed by atoms with Crippen LogP contribution in [0.3, 0.4) is 0 Å². The molecule has 4 nitrogen and oxygen atoms in total. The van der Waals surface area contributed by atoms with Crippen molar-refractivity contribution in [3.63, 3.8) is 0 Å². The van der Waals surface area contributed by atoms with Gasteiger partial charge in [-0.25, -0.2) is 4.98 Å². The summed E-state index contributed by atoms with van der Waals surface area (Å²) in [5, 5.41) is 1.61. The van der Waals surface area contributed by atoms with Gasteiger partial charge in [-0.05, 0) is 29.8 Å². The minimum Gasteiger partial charge on any atom is -0.431 e. The first-order valence-corrected chi connectivity index (χ1v) is 8.93. The van der Waals surface area contributed by atoms with Gasteiger partial charge in [0.2, 0.25) is 5.91 Å². The van der Waals surface area contributed by atoms with Gasteiger partial charge in [-0.15, -0.1) is 0 Å². The second-order valence-electron chi connectivity index (χ2n) is 5.22. The lowest BCUT2D eigenvalue weighted by atomic mass is 10.2. The Labute approximate surface area is 153 Å². The van der Waals surface area contributed by atoms with Crippen LogP contribution in [0.5, 0.6) is 0 Å². The predicted molar refractivity (Wildman–Crippen MR) is 97.7 cm³/mol. The summed E-state index contributed by atoms with van der Waals surface area (Å²) in [6.07, 6.45) is 0. The second kappa shape index (κ2) is 7.47. The number of nitrogens with zero attached hydrogens (tertiary/aromatic N) is 2. The van der Waals surface area contributed by atoms with Gasteiger partial charge in [0.25, 0.3) is 5.22 Å². The fourth-order valence-corrected chi connectivity index (χ4v) is 3.39. The lowest BCUT2D eigenvalue weighted by Crippen LogP contribution is -2.27. The number of carbonyl (C=O) groups is 1. The lowest BCUT2D eigenvalue weighted by Gasteiger charge is -2.17. The molecule has 0 atom stereocenters. The van der Waals surface area contributed by atoms with Crippen LogP contribution >= 0.6 is 35.0 Å². The van der Waals surface area contributed by atoms with Crippen LogP contribution in [0.25, 0.3) is 11.1 Å². The number of oxazole rings is 1. The summed E-state index contributed by atoms with van der Waals surface area (Å²) in [6.45, 7) is 0.420. The van der Waals surface area contributed by atoms with Gasteiger partial charge in [0, 0.05) is 23.6 Å². The second-order valence-corrected chi connectivity index (χ2v) is 6.99. The molecule has 0 aliphatic rings. The topological polar surface area (TPSA) is 46.3 Å². The summed E-state index contributed by atoms with van der Waals surface area (Å²) < 4.78 is 5.59. The lowest BCUT2D eigenvalue weighted by molar-refractivity contribution is -0.127. The van der Waals surface area contributed by atoms with E-state index >= 15 is 0 Å². The van der Waals surface area contributed by atoms with Gasteiger partial charge in [-0.1, -0.05) is 53.2 Å². The average Bonchev–Trinajstić information content (AvgIpc) is 2.98. The maximum absolute atomic E-state index is 12.3. The molecule has 2 aromatic carbocycles. The Balaban J connectivity index is 1.59. The van der Waals surface area contributed by atoms with E-state index in [-0.39, 0.29) is 11.7 Å². The molecule has 0 fully saturated rings. The van der Waals surface area contributed by atoms with E-state index in [1.807, 2.05) is 30.3 Å². The molecule has 3 rings (SSSR count). The third kappa shape index (κ3) is 4.04. The number of fused-ring (bicyclic) bond motifs is 1. The van der Waals surface area contributed by atoms with Crippen molar-refractivity contribution in [2.75, 3.05) is 12.8 Å². The molecule has 0 radical (unpaired) electrons.